The summed E-state index contributed by atoms with van der Waals surface area (Å²) in [5.74, 6) is 1.89. The lowest BCUT2D eigenvalue weighted by Gasteiger charge is -2.29. The minimum absolute atomic E-state index is 0.0922. The number of rotatable bonds is 9. The Morgan fingerprint density at radius 2 is 1.83 bits per heavy atom. The number of carbonyl (C=O) groups is 1. The molecule has 0 spiro atoms. The molecule has 2 aromatic rings. The van der Waals surface area contributed by atoms with Crippen LogP contribution in [-0.2, 0) is 11.3 Å². The average Bonchev–Trinajstić information content (AvgIpc) is 3.18. The molecule has 1 aliphatic rings. The van der Waals surface area contributed by atoms with Crippen molar-refractivity contribution in [2.75, 3.05) is 23.7 Å². The molecule has 6 nitrogen and oxygen atoms in total. The number of carbonyl (C=O) groups excluding carboxylic acids is 1. The molecular weight excluding hydrogens is 394 g/mol. The lowest BCUT2D eigenvalue weighted by Crippen LogP contribution is -2.41. The number of hydrogen-bond acceptors (Lipinski definition) is 5. The van der Waals surface area contributed by atoms with E-state index in [1.54, 1.807) is 0 Å². The van der Waals surface area contributed by atoms with Crippen molar-refractivity contribution in [3.05, 3.63) is 24.3 Å². The summed E-state index contributed by atoms with van der Waals surface area (Å²) in [5, 5.41) is 12.8. The number of anilines is 1. The van der Waals surface area contributed by atoms with Gasteiger partial charge < -0.3 is 14.8 Å². The average molecular weight is 430 g/mol. The largest absolute Gasteiger partial charge is 0.372 e. The Labute approximate surface area is 184 Å². The van der Waals surface area contributed by atoms with Gasteiger partial charge in [0.05, 0.1) is 5.75 Å². The van der Waals surface area contributed by atoms with E-state index in [2.05, 4.69) is 76.9 Å². The van der Waals surface area contributed by atoms with Crippen molar-refractivity contribution >= 4 is 23.4 Å². The van der Waals surface area contributed by atoms with E-state index in [1.807, 2.05) is 0 Å². The van der Waals surface area contributed by atoms with Crippen LogP contribution in [0, 0.1) is 5.92 Å². The van der Waals surface area contributed by atoms with Crippen LogP contribution in [0.1, 0.15) is 53.4 Å². The van der Waals surface area contributed by atoms with E-state index in [0.29, 0.717) is 17.7 Å². The molecule has 7 heteroatoms. The standard InChI is InChI=1S/C23H35N5OS/c1-5-27(6-2)19-14-12-18(13-15-19)22-25-26-23(28(22)7-3)30-16-21(29)24-20-11-9-8-10-17(20)4/h12-15,17,20H,5-11,16H2,1-4H3,(H,24,29)/t17-,20-/m0/s1. The minimum atomic E-state index is 0.0922. The summed E-state index contributed by atoms with van der Waals surface area (Å²) in [6, 6.07) is 8.81. The quantitative estimate of drug-likeness (QED) is 0.590. The molecule has 1 heterocycles. The highest BCUT2D eigenvalue weighted by Gasteiger charge is 2.23. The second kappa shape index (κ2) is 10.8. The van der Waals surface area contributed by atoms with Crippen molar-refractivity contribution in [3.63, 3.8) is 0 Å². The number of nitrogens with zero attached hydrogens (tertiary/aromatic N) is 4. The molecule has 3 rings (SSSR count). The van der Waals surface area contributed by atoms with Crippen molar-refractivity contribution in [1.82, 2.24) is 20.1 Å². The lowest BCUT2D eigenvalue weighted by molar-refractivity contribution is -0.119. The van der Waals surface area contributed by atoms with Crippen LogP contribution in [0.3, 0.4) is 0 Å². The normalized spacial score (nSPS) is 18.9. The number of hydrogen-bond donors (Lipinski definition) is 1. The summed E-state index contributed by atoms with van der Waals surface area (Å²) in [6.07, 6.45) is 4.79. The van der Waals surface area contributed by atoms with E-state index in [-0.39, 0.29) is 5.91 Å². The Morgan fingerprint density at radius 3 is 2.47 bits per heavy atom. The van der Waals surface area contributed by atoms with Crippen LogP contribution >= 0.6 is 11.8 Å². The molecule has 1 saturated carbocycles. The van der Waals surface area contributed by atoms with E-state index in [4.69, 9.17) is 0 Å². The predicted molar refractivity (Wildman–Crippen MR) is 125 cm³/mol. The zero-order valence-electron chi connectivity index (χ0n) is 18.7. The van der Waals surface area contributed by atoms with Gasteiger partial charge in [0.2, 0.25) is 5.91 Å². The molecule has 1 aromatic carbocycles. The smallest absolute Gasteiger partial charge is 0.230 e. The van der Waals surface area contributed by atoms with Gasteiger partial charge in [-0.25, -0.2) is 0 Å². The number of aromatic nitrogens is 3. The van der Waals surface area contributed by atoms with Crippen molar-refractivity contribution in [2.45, 2.75) is 71.1 Å². The third-order valence-corrected chi connectivity index (χ3v) is 7.04. The SMILES string of the molecule is CCN(CC)c1ccc(-c2nnc(SCC(=O)N[C@H]3CCCC[C@@H]3C)n2CC)cc1. The van der Waals surface area contributed by atoms with Gasteiger partial charge in [-0.3, -0.25) is 4.79 Å². The summed E-state index contributed by atoms with van der Waals surface area (Å²) in [5.41, 5.74) is 2.27. The molecule has 0 unspecified atom stereocenters. The Kier molecular flexibility index (Phi) is 8.19. The third kappa shape index (κ3) is 5.36. The van der Waals surface area contributed by atoms with Crippen molar-refractivity contribution in [3.8, 4) is 11.4 Å². The fourth-order valence-electron chi connectivity index (χ4n) is 4.21. The number of thioether (sulfide) groups is 1. The molecule has 0 saturated heterocycles. The first-order chi connectivity index (χ1) is 14.6. The molecule has 1 aromatic heterocycles. The van der Waals surface area contributed by atoms with Gasteiger partial charge in [0.15, 0.2) is 11.0 Å². The van der Waals surface area contributed by atoms with Crippen LogP contribution in [-0.4, -0.2) is 45.6 Å². The molecule has 1 aliphatic carbocycles. The van der Waals surface area contributed by atoms with Crippen LogP contribution in [0.4, 0.5) is 5.69 Å². The van der Waals surface area contributed by atoms with E-state index in [1.165, 1.54) is 36.7 Å². The van der Waals surface area contributed by atoms with E-state index >= 15 is 0 Å². The van der Waals surface area contributed by atoms with Gasteiger partial charge in [-0.2, -0.15) is 0 Å². The fourth-order valence-corrected chi connectivity index (χ4v) is 5.03. The molecule has 30 heavy (non-hydrogen) atoms. The molecule has 0 aliphatic heterocycles. The maximum Gasteiger partial charge on any atom is 0.230 e. The third-order valence-electron chi connectivity index (χ3n) is 6.08. The lowest BCUT2D eigenvalue weighted by atomic mass is 9.86. The highest BCUT2D eigenvalue weighted by molar-refractivity contribution is 7.99. The molecule has 1 N–H and O–H groups in total. The first kappa shape index (κ1) is 22.7. The minimum Gasteiger partial charge on any atom is -0.372 e. The highest BCUT2D eigenvalue weighted by atomic mass is 32.2. The maximum absolute atomic E-state index is 12.5. The Morgan fingerprint density at radius 1 is 1.13 bits per heavy atom. The van der Waals surface area contributed by atoms with E-state index in [9.17, 15) is 4.79 Å². The Hall–Kier alpha value is -2.02. The Bertz CT molecular complexity index is 816. The summed E-state index contributed by atoms with van der Waals surface area (Å²) < 4.78 is 2.09. The van der Waals surface area contributed by atoms with Gasteiger partial charge in [-0.15, -0.1) is 10.2 Å². The van der Waals surface area contributed by atoms with Gasteiger partial charge in [0.1, 0.15) is 0 Å². The van der Waals surface area contributed by atoms with Crippen LogP contribution < -0.4 is 10.2 Å². The van der Waals surface area contributed by atoms with Gasteiger partial charge in [-0.1, -0.05) is 31.5 Å². The number of amides is 1. The number of nitrogens with one attached hydrogen (secondary N) is 1. The van der Waals surface area contributed by atoms with Crippen LogP contribution in [0.15, 0.2) is 29.4 Å². The van der Waals surface area contributed by atoms with Crippen LogP contribution in [0.2, 0.25) is 0 Å². The molecule has 0 radical (unpaired) electrons. The first-order valence-electron chi connectivity index (χ1n) is 11.3. The van der Waals surface area contributed by atoms with Crippen LogP contribution in [0.5, 0.6) is 0 Å². The maximum atomic E-state index is 12.5. The van der Waals surface area contributed by atoms with Crippen molar-refractivity contribution < 1.29 is 4.79 Å². The topological polar surface area (TPSA) is 63.1 Å². The Balaban J connectivity index is 1.64. The summed E-state index contributed by atoms with van der Waals surface area (Å²) in [6.45, 7) is 11.4. The zero-order chi connectivity index (χ0) is 21.5. The van der Waals surface area contributed by atoms with Crippen molar-refractivity contribution in [2.24, 2.45) is 5.92 Å². The second-order valence-corrected chi connectivity index (χ2v) is 8.94. The van der Waals surface area contributed by atoms with Crippen LogP contribution in [0.25, 0.3) is 11.4 Å². The van der Waals surface area contributed by atoms with Crippen molar-refractivity contribution in [1.29, 1.82) is 0 Å². The monoisotopic (exact) mass is 429 g/mol. The van der Waals surface area contributed by atoms with Gasteiger partial charge in [0, 0.05) is 36.9 Å². The predicted octanol–water partition coefficient (Wildman–Crippen LogP) is 4.60. The molecule has 164 valence electrons. The molecular formula is C23H35N5OS. The highest BCUT2D eigenvalue weighted by Crippen LogP contribution is 2.27. The molecule has 1 amide bonds. The molecule has 0 bridgehead atoms. The second-order valence-electron chi connectivity index (χ2n) is 7.99. The van der Waals surface area contributed by atoms with Gasteiger partial charge in [0.25, 0.3) is 0 Å². The van der Waals surface area contributed by atoms with E-state index in [0.717, 1.165) is 42.6 Å². The van der Waals surface area contributed by atoms with Gasteiger partial charge >= 0.3 is 0 Å². The zero-order valence-corrected chi connectivity index (χ0v) is 19.5. The van der Waals surface area contributed by atoms with E-state index < -0.39 is 0 Å². The summed E-state index contributed by atoms with van der Waals surface area (Å²) in [7, 11) is 0. The van der Waals surface area contributed by atoms with Gasteiger partial charge in [-0.05, 0) is 63.8 Å². The molecule has 1 fully saturated rings. The first-order valence-corrected chi connectivity index (χ1v) is 12.3. The molecule has 2 atom stereocenters. The number of benzene rings is 1. The fraction of sp³-hybridized carbons (Fsp3) is 0.609. The summed E-state index contributed by atoms with van der Waals surface area (Å²) >= 11 is 1.47. The summed E-state index contributed by atoms with van der Waals surface area (Å²) in [4.78, 5) is 14.8.